The van der Waals surface area contributed by atoms with E-state index < -0.39 is 9.84 Å². The van der Waals surface area contributed by atoms with Gasteiger partial charge in [0.05, 0.1) is 10.6 Å². The quantitative estimate of drug-likeness (QED) is 0.748. The molecule has 0 radical (unpaired) electrons. The normalized spacial score (nSPS) is 18.5. The third-order valence-corrected chi connectivity index (χ3v) is 4.79. The Morgan fingerprint density at radius 2 is 2.13 bits per heavy atom. The first-order chi connectivity index (χ1) is 7.13. The minimum absolute atomic E-state index is 0.287. The molecule has 1 aliphatic heterocycles. The molecule has 0 saturated heterocycles. The molecule has 15 heavy (non-hydrogen) atoms. The first-order valence-electron chi connectivity index (χ1n) is 5.04. The van der Waals surface area contributed by atoms with Crippen molar-refractivity contribution >= 4 is 21.4 Å². The van der Waals surface area contributed by atoms with Crippen molar-refractivity contribution in [3.8, 4) is 0 Å². The Morgan fingerprint density at radius 3 is 2.87 bits per heavy atom. The summed E-state index contributed by atoms with van der Waals surface area (Å²) in [5, 5.41) is 0. The summed E-state index contributed by atoms with van der Waals surface area (Å²) in [4.78, 5) is 0.520. The molecule has 0 amide bonds. The van der Waals surface area contributed by atoms with E-state index in [2.05, 4.69) is 0 Å². The van der Waals surface area contributed by atoms with Gasteiger partial charge >= 0.3 is 0 Å². The predicted molar refractivity (Wildman–Crippen MR) is 61.2 cm³/mol. The van der Waals surface area contributed by atoms with Gasteiger partial charge in [0.25, 0.3) is 0 Å². The maximum atomic E-state index is 11.7. The van der Waals surface area contributed by atoms with Crippen LogP contribution in [0.15, 0.2) is 23.1 Å². The van der Waals surface area contributed by atoms with Crippen molar-refractivity contribution in [2.24, 2.45) is 0 Å². The van der Waals surface area contributed by atoms with Gasteiger partial charge in [0.1, 0.15) is 0 Å². The molecule has 1 aromatic rings. The second-order valence-electron chi connectivity index (χ2n) is 3.80. The van der Waals surface area contributed by atoms with Crippen molar-refractivity contribution in [2.45, 2.75) is 24.2 Å². The van der Waals surface area contributed by atoms with Gasteiger partial charge in [-0.25, -0.2) is 8.42 Å². The van der Waals surface area contributed by atoms with Crippen LogP contribution >= 0.6 is 11.6 Å². The van der Waals surface area contributed by atoms with Crippen LogP contribution in [-0.4, -0.2) is 20.1 Å². The number of halogens is 1. The van der Waals surface area contributed by atoms with Crippen LogP contribution in [0.1, 0.15) is 17.5 Å². The molecule has 0 bridgehead atoms. The Morgan fingerprint density at radius 1 is 1.33 bits per heavy atom. The molecule has 0 saturated carbocycles. The fourth-order valence-corrected chi connectivity index (χ4v) is 3.76. The van der Waals surface area contributed by atoms with Crippen molar-refractivity contribution in [1.82, 2.24) is 0 Å². The van der Waals surface area contributed by atoms with Crippen LogP contribution in [0, 0.1) is 0 Å². The lowest BCUT2D eigenvalue weighted by Crippen LogP contribution is -2.16. The fraction of sp³-hybridized carbons (Fsp3) is 0.455. The van der Waals surface area contributed by atoms with Crippen LogP contribution in [0.5, 0.6) is 0 Å². The Balaban J connectivity index is 2.45. The van der Waals surface area contributed by atoms with Crippen LogP contribution in [0.4, 0.5) is 0 Å². The first kappa shape index (κ1) is 11.0. The summed E-state index contributed by atoms with van der Waals surface area (Å²) in [6, 6.07) is 5.57. The van der Waals surface area contributed by atoms with Gasteiger partial charge in [-0.15, -0.1) is 11.6 Å². The molecule has 0 aliphatic carbocycles. The van der Waals surface area contributed by atoms with Crippen LogP contribution in [-0.2, 0) is 22.7 Å². The number of hydrogen-bond donors (Lipinski definition) is 0. The van der Waals surface area contributed by atoms with E-state index in [-0.39, 0.29) is 5.75 Å². The number of alkyl halides is 1. The zero-order chi connectivity index (χ0) is 10.9. The molecule has 4 heteroatoms. The Kier molecular flexibility index (Phi) is 3.03. The zero-order valence-electron chi connectivity index (χ0n) is 8.37. The van der Waals surface area contributed by atoms with Crippen molar-refractivity contribution in [1.29, 1.82) is 0 Å². The Hall–Kier alpha value is -0.540. The number of hydrogen-bond acceptors (Lipinski definition) is 2. The molecular weight excluding hydrogens is 232 g/mol. The maximum Gasteiger partial charge on any atom is 0.178 e. The largest absolute Gasteiger partial charge is 0.224 e. The molecule has 1 aromatic carbocycles. The van der Waals surface area contributed by atoms with Gasteiger partial charge in [-0.3, -0.25) is 0 Å². The highest BCUT2D eigenvalue weighted by Gasteiger charge is 2.23. The lowest BCUT2D eigenvalue weighted by atomic mass is 10.0. The molecule has 0 N–H and O–H groups in total. The molecular formula is C11H13ClO2S. The van der Waals surface area contributed by atoms with Crippen molar-refractivity contribution in [2.75, 3.05) is 11.6 Å². The standard InChI is InChI=1S/C11H13ClO2S/c12-6-5-9-3-4-11-10(8-9)2-1-7-15(11,13)14/h3-4,8H,1-2,5-7H2. The first-order valence-corrected chi connectivity index (χ1v) is 7.23. The van der Waals surface area contributed by atoms with Crippen LogP contribution in [0.2, 0.25) is 0 Å². The smallest absolute Gasteiger partial charge is 0.178 e. The Labute approximate surface area is 95.2 Å². The molecule has 0 aromatic heterocycles. The molecule has 2 nitrogen and oxygen atoms in total. The van der Waals surface area contributed by atoms with Gasteiger partial charge in [-0.05, 0) is 36.5 Å². The summed E-state index contributed by atoms with van der Waals surface area (Å²) >= 11 is 5.66. The second kappa shape index (κ2) is 4.14. The van der Waals surface area contributed by atoms with Gasteiger partial charge < -0.3 is 0 Å². The van der Waals surface area contributed by atoms with E-state index in [4.69, 9.17) is 11.6 Å². The molecule has 2 rings (SSSR count). The van der Waals surface area contributed by atoms with Crippen LogP contribution in [0.3, 0.4) is 0 Å². The van der Waals surface area contributed by atoms with Gasteiger partial charge in [0.2, 0.25) is 0 Å². The van der Waals surface area contributed by atoms with Gasteiger partial charge in [0, 0.05) is 5.88 Å². The zero-order valence-corrected chi connectivity index (χ0v) is 9.94. The molecule has 0 atom stereocenters. The van der Waals surface area contributed by atoms with Crippen LogP contribution in [0.25, 0.3) is 0 Å². The summed E-state index contributed by atoms with van der Waals surface area (Å²) in [5.41, 5.74) is 2.09. The lowest BCUT2D eigenvalue weighted by molar-refractivity contribution is 0.586. The minimum atomic E-state index is -3.01. The van der Waals surface area contributed by atoms with E-state index >= 15 is 0 Å². The summed E-state index contributed by atoms with van der Waals surface area (Å²) in [6.45, 7) is 0. The second-order valence-corrected chi connectivity index (χ2v) is 6.26. The van der Waals surface area contributed by atoms with Crippen molar-refractivity contribution in [3.63, 3.8) is 0 Å². The molecule has 82 valence electrons. The van der Waals surface area contributed by atoms with E-state index in [0.29, 0.717) is 10.8 Å². The van der Waals surface area contributed by atoms with Crippen molar-refractivity contribution in [3.05, 3.63) is 29.3 Å². The van der Waals surface area contributed by atoms with E-state index in [1.54, 1.807) is 6.07 Å². The monoisotopic (exact) mass is 244 g/mol. The highest BCUT2D eigenvalue weighted by molar-refractivity contribution is 7.91. The third-order valence-electron chi connectivity index (χ3n) is 2.70. The molecule has 0 fully saturated rings. The predicted octanol–water partition coefficient (Wildman–Crippen LogP) is 2.19. The number of sulfone groups is 1. The van der Waals surface area contributed by atoms with Crippen LogP contribution < -0.4 is 0 Å². The number of rotatable bonds is 2. The molecule has 0 spiro atoms. The SMILES string of the molecule is O=S1(=O)CCCc2cc(CCCl)ccc21. The van der Waals surface area contributed by atoms with Gasteiger partial charge in [0.15, 0.2) is 9.84 Å². The Bertz CT molecular complexity index is 465. The van der Waals surface area contributed by atoms with Gasteiger partial charge in [-0.2, -0.15) is 0 Å². The number of aryl methyl sites for hydroxylation is 2. The summed E-state index contributed by atoms with van der Waals surface area (Å²) < 4.78 is 23.4. The molecule has 1 heterocycles. The average molecular weight is 245 g/mol. The summed E-state index contributed by atoms with van der Waals surface area (Å²) in [7, 11) is -3.01. The molecule has 0 unspecified atom stereocenters. The van der Waals surface area contributed by atoms with E-state index in [1.165, 1.54) is 0 Å². The van der Waals surface area contributed by atoms with Crippen molar-refractivity contribution < 1.29 is 8.42 Å². The fourth-order valence-electron chi connectivity index (χ4n) is 1.96. The minimum Gasteiger partial charge on any atom is -0.224 e. The topological polar surface area (TPSA) is 34.1 Å². The van der Waals surface area contributed by atoms with E-state index in [1.807, 2.05) is 12.1 Å². The number of fused-ring (bicyclic) bond motifs is 1. The molecule has 1 aliphatic rings. The summed E-state index contributed by atoms with van der Waals surface area (Å²) in [6.07, 6.45) is 2.40. The van der Waals surface area contributed by atoms with E-state index in [9.17, 15) is 8.42 Å². The highest BCUT2D eigenvalue weighted by Crippen LogP contribution is 2.25. The maximum absolute atomic E-state index is 11.7. The number of benzene rings is 1. The van der Waals surface area contributed by atoms with Gasteiger partial charge in [-0.1, -0.05) is 12.1 Å². The lowest BCUT2D eigenvalue weighted by Gasteiger charge is -2.16. The van der Waals surface area contributed by atoms with E-state index in [0.717, 1.165) is 30.4 Å². The summed E-state index contributed by atoms with van der Waals surface area (Å²) in [5.74, 6) is 0.861. The average Bonchev–Trinajstić information content (AvgIpc) is 2.17. The highest BCUT2D eigenvalue weighted by atomic mass is 35.5. The third kappa shape index (κ3) is 2.18.